The van der Waals surface area contributed by atoms with Gasteiger partial charge in [-0.2, -0.15) is 0 Å². The molecule has 1 atom stereocenters. The fourth-order valence-corrected chi connectivity index (χ4v) is 1.04. The van der Waals surface area contributed by atoms with E-state index in [0.29, 0.717) is 15.8 Å². The largest absolute Gasteiger partial charge is 0.465 e. The summed E-state index contributed by atoms with van der Waals surface area (Å²) < 4.78 is 4.96. The number of benzene rings is 1. The summed E-state index contributed by atoms with van der Waals surface area (Å²) in [5.74, 6) is 0.499. The molecule has 4 heteroatoms. The van der Waals surface area contributed by atoms with Crippen LogP contribution >= 0.6 is 23.2 Å². The minimum atomic E-state index is -0.845. The van der Waals surface area contributed by atoms with Gasteiger partial charge in [-0.3, -0.25) is 0 Å². The number of aliphatic hydroxyl groups excluding tert-OH is 1. The summed E-state index contributed by atoms with van der Waals surface area (Å²) in [6.07, 6.45) is -0.845. The van der Waals surface area contributed by atoms with Gasteiger partial charge in [0.1, 0.15) is 5.75 Å². The third-order valence-electron chi connectivity index (χ3n) is 1.20. The Morgan fingerprint density at radius 1 is 1.33 bits per heavy atom. The van der Waals surface area contributed by atoms with Crippen LogP contribution in [0.1, 0.15) is 6.92 Å². The zero-order chi connectivity index (χ0) is 9.14. The Morgan fingerprint density at radius 3 is 2.50 bits per heavy atom. The molecule has 0 aliphatic carbocycles. The molecular weight excluding hydrogens is 199 g/mol. The number of aliphatic hydroxyl groups is 1. The highest BCUT2D eigenvalue weighted by atomic mass is 35.5. The Balaban J connectivity index is 2.82. The molecule has 12 heavy (non-hydrogen) atoms. The molecule has 2 nitrogen and oxygen atoms in total. The molecule has 0 heterocycles. The molecule has 0 aliphatic heterocycles. The second-order valence-electron chi connectivity index (χ2n) is 2.29. The van der Waals surface area contributed by atoms with E-state index in [1.807, 2.05) is 0 Å². The minimum absolute atomic E-state index is 0.412. The third kappa shape index (κ3) is 2.55. The van der Waals surface area contributed by atoms with E-state index in [9.17, 15) is 0 Å². The highest BCUT2D eigenvalue weighted by Crippen LogP contribution is 2.26. The van der Waals surface area contributed by atoms with E-state index >= 15 is 0 Å². The molecule has 1 rings (SSSR count). The average Bonchev–Trinajstić information content (AvgIpc) is 1.96. The van der Waals surface area contributed by atoms with Crippen molar-refractivity contribution >= 4 is 23.2 Å². The molecule has 1 aromatic rings. The van der Waals surface area contributed by atoms with Crippen molar-refractivity contribution < 1.29 is 9.84 Å². The lowest BCUT2D eigenvalue weighted by atomic mass is 10.3. The summed E-state index contributed by atoms with van der Waals surface area (Å²) in [5, 5.41) is 9.75. The molecule has 66 valence electrons. The first-order valence-corrected chi connectivity index (χ1v) is 4.15. The Morgan fingerprint density at radius 2 is 2.00 bits per heavy atom. The smallest absolute Gasteiger partial charge is 0.194 e. The Kier molecular flexibility index (Phi) is 3.20. The number of hydrogen-bond acceptors (Lipinski definition) is 2. The maximum atomic E-state index is 8.87. The summed E-state index contributed by atoms with van der Waals surface area (Å²) in [5.41, 5.74) is 0. The van der Waals surface area contributed by atoms with Crippen LogP contribution in [0.15, 0.2) is 18.2 Å². The molecule has 0 bridgehead atoms. The Bertz CT molecular complexity index is 274. The zero-order valence-corrected chi connectivity index (χ0v) is 7.93. The Hall–Kier alpha value is -0.440. The molecule has 0 saturated heterocycles. The van der Waals surface area contributed by atoms with E-state index in [1.165, 1.54) is 6.92 Å². The van der Waals surface area contributed by atoms with Gasteiger partial charge >= 0.3 is 0 Å². The normalized spacial score (nSPS) is 12.7. The van der Waals surface area contributed by atoms with Crippen LogP contribution in [0.3, 0.4) is 0 Å². The molecular formula is C8H8Cl2O2. The van der Waals surface area contributed by atoms with Crippen LogP contribution in [0.5, 0.6) is 5.75 Å². The van der Waals surface area contributed by atoms with Crippen LogP contribution in [-0.2, 0) is 0 Å². The van der Waals surface area contributed by atoms with Gasteiger partial charge in [0.05, 0.1) is 10.0 Å². The first-order chi connectivity index (χ1) is 5.59. The topological polar surface area (TPSA) is 29.5 Å². The molecule has 1 unspecified atom stereocenters. The van der Waals surface area contributed by atoms with Crippen LogP contribution in [-0.4, -0.2) is 11.4 Å². The fourth-order valence-electron chi connectivity index (χ4n) is 0.747. The van der Waals surface area contributed by atoms with E-state index in [4.69, 9.17) is 33.0 Å². The molecule has 1 N–H and O–H groups in total. The summed E-state index contributed by atoms with van der Waals surface area (Å²) in [7, 11) is 0. The van der Waals surface area contributed by atoms with Crippen LogP contribution in [0.4, 0.5) is 0 Å². The Labute approximate surface area is 80.7 Å². The van der Waals surface area contributed by atoms with Crippen molar-refractivity contribution in [3.8, 4) is 5.75 Å². The molecule has 0 amide bonds. The minimum Gasteiger partial charge on any atom is -0.465 e. The van der Waals surface area contributed by atoms with Gasteiger partial charge in [0.15, 0.2) is 6.29 Å². The predicted molar refractivity (Wildman–Crippen MR) is 48.8 cm³/mol. The van der Waals surface area contributed by atoms with Crippen LogP contribution < -0.4 is 4.74 Å². The molecule has 1 aromatic carbocycles. The number of halogens is 2. The molecule has 0 fully saturated rings. The molecule has 0 aromatic heterocycles. The molecule has 0 saturated carbocycles. The second-order valence-corrected chi connectivity index (χ2v) is 3.11. The lowest BCUT2D eigenvalue weighted by molar-refractivity contribution is -0.000277. The number of ether oxygens (including phenoxy) is 1. The van der Waals surface area contributed by atoms with E-state index in [2.05, 4.69) is 0 Å². The SMILES string of the molecule is CC(O)Oc1ccc(Cl)c(Cl)c1. The molecule has 0 radical (unpaired) electrons. The van der Waals surface area contributed by atoms with Gasteiger partial charge in [0.2, 0.25) is 0 Å². The van der Waals surface area contributed by atoms with Crippen molar-refractivity contribution in [2.45, 2.75) is 13.2 Å². The van der Waals surface area contributed by atoms with Gasteiger partial charge < -0.3 is 9.84 Å². The monoisotopic (exact) mass is 206 g/mol. The van der Waals surface area contributed by atoms with E-state index in [0.717, 1.165) is 0 Å². The lowest BCUT2D eigenvalue weighted by Crippen LogP contribution is -2.09. The number of rotatable bonds is 2. The van der Waals surface area contributed by atoms with Gasteiger partial charge in [-0.05, 0) is 19.1 Å². The first-order valence-electron chi connectivity index (χ1n) is 3.39. The standard InChI is InChI=1S/C8H8Cl2O2/c1-5(11)12-6-2-3-7(9)8(10)4-6/h2-5,11H,1H3. The maximum absolute atomic E-state index is 8.87. The summed E-state index contributed by atoms with van der Waals surface area (Å²) in [6, 6.07) is 4.80. The number of hydrogen-bond donors (Lipinski definition) is 1. The van der Waals surface area contributed by atoms with Gasteiger partial charge in [0, 0.05) is 6.07 Å². The fraction of sp³-hybridized carbons (Fsp3) is 0.250. The van der Waals surface area contributed by atoms with Crippen molar-refractivity contribution in [2.75, 3.05) is 0 Å². The maximum Gasteiger partial charge on any atom is 0.194 e. The van der Waals surface area contributed by atoms with Crippen LogP contribution in [0, 0.1) is 0 Å². The average molecular weight is 207 g/mol. The summed E-state index contributed by atoms with van der Waals surface area (Å²) in [4.78, 5) is 0. The van der Waals surface area contributed by atoms with Crippen LogP contribution in [0.25, 0.3) is 0 Å². The lowest BCUT2D eigenvalue weighted by Gasteiger charge is -2.08. The highest BCUT2D eigenvalue weighted by Gasteiger charge is 2.01. The van der Waals surface area contributed by atoms with Crippen molar-refractivity contribution in [1.82, 2.24) is 0 Å². The van der Waals surface area contributed by atoms with Gasteiger partial charge in [0.25, 0.3) is 0 Å². The van der Waals surface area contributed by atoms with Crippen LogP contribution in [0.2, 0.25) is 10.0 Å². The summed E-state index contributed by atoms with van der Waals surface area (Å²) >= 11 is 11.4. The van der Waals surface area contributed by atoms with E-state index in [1.54, 1.807) is 18.2 Å². The van der Waals surface area contributed by atoms with E-state index in [-0.39, 0.29) is 0 Å². The van der Waals surface area contributed by atoms with Gasteiger partial charge in [-0.25, -0.2) is 0 Å². The van der Waals surface area contributed by atoms with Gasteiger partial charge in [-0.1, -0.05) is 23.2 Å². The highest BCUT2D eigenvalue weighted by molar-refractivity contribution is 6.42. The molecule has 0 spiro atoms. The second kappa shape index (κ2) is 3.99. The van der Waals surface area contributed by atoms with Crippen molar-refractivity contribution in [1.29, 1.82) is 0 Å². The first kappa shape index (κ1) is 9.65. The van der Waals surface area contributed by atoms with Gasteiger partial charge in [-0.15, -0.1) is 0 Å². The van der Waals surface area contributed by atoms with Crippen molar-refractivity contribution in [3.63, 3.8) is 0 Å². The van der Waals surface area contributed by atoms with Crippen molar-refractivity contribution in [2.24, 2.45) is 0 Å². The third-order valence-corrected chi connectivity index (χ3v) is 1.94. The van der Waals surface area contributed by atoms with Crippen molar-refractivity contribution in [3.05, 3.63) is 28.2 Å². The summed E-state index contributed by atoms with van der Waals surface area (Å²) in [6.45, 7) is 1.52. The quantitative estimate of drug-likeness (QED) is 0.755. The predicted octanol–water partition coefficient (Wildman–Crippen LogP) is 2.71. The zero-order valence-electron chi connectivity index (χ0n) is 6.42. The molecule has 0 aliphatic rings. The van der Waals surface area contributed by atoms with E-state index < -0.39 is 6.29 Å².